The highest BCUT2D eigenvalue weighted by atomic mass is 16.7. The maximum atomic E-state index is 11.5. The second-order valence-corrected chi connectivity index (χ2v) is 9.37. The van der Waals surface area contributed by atoms with Gasteiger partial charge in [0.05, 0.1) is 25.5 Å². The van der Waals surface area contributed by atoms with Gasteiger partial charge in [0, 0.05) is 22.3 Å². The molecule has 0 bridgehead atoms. The maximum Gasteiger partial charge on any atom is 0.360 e. The molecule has 40 heavy (non-hydrogen) atoms. The number of esters is 1. The summed E-state index contributed by atoms with van der Waals surface area (Å²) in [4.78, 5) is 38.2. The normalized spacial score (nSPS) is 13.8. The number of ether oxygens (including phenoxy) is 2. The van der Waals surface area contributed by atoms with Crippen LogP contribution in [0.5, 0.6) is 0 Å². The van der Waals surface area contributed by atoms with Crippen molar-refractivity contribution >= 4 is 45.7 Å². The van der Waals surface area contributed by atoms with Crippen LogP contribution in [0.25, 0.3) is 21.5 Å². The first-order valence-corrected chi connectivity index (χ1v) is 12.9. The third-order valence-corrected chi connectivity index (χ3v) is 6.10. The van der Waals surface area contributed by atoms with Crippen LogP contribution in [0.1, 0.15) is 38.2 Å². The van der Waals surface area contributed by atoms with E-state index in [-0.39, 0.29) is 18.3 Å². The Labute approximate surface area is 233 Å². The highest BCUT2D eigenvalue weighted by Crippen LogP contribution is 2.27. The van der Waals surface area contributed by atoms with E-state index in [1.807, 2.05) is 36.4 Å². The second kappa shape index (κ2) is 14.6. The minimum atomic E-state index is -1.02. The molecule has 1 fully saturated rings. The zero-order chi connectivity index (χ0) is 29.1. The van der Waals surface area contributed by atoms with Crippen LogP contribution >= 0.6 is 0 Å². The minimum Gasteiger partial charge on any atom is -0.478 e. The number of benzene rings is 3. The summed E-state index contributed by atoms with van der Waals surface area (Å²) in [5.74, 6) is -1.97. The van der Waals surface area contributed by atoms with Gasteiger partial charge in [-0.15, -0.1) is 0 Å². The largest absolute Gasteiger partial charge is 0.478 e. The molecule has 3 aromatic rings. The van der Waals surface area contributed by atoms with Gasteiger partial charge in [-0.2, -0.15) is 0 Å². The molecular weight excluding hydrogens is 510 g/mol. The predicted molar refractivity (Wildman–Crippen MR) is 155 cm³/mol. The van der Waals surface area contributed by atoms with E-state index in [4.69, 9.17) is 19.4 Å². The van der Waals surface area contributed by atoms with Crippen LogP contribution in [0.15, 0.2) is 96.2 Å². The van der Waals surface area contributed by atoms with Crippen molar-refractivity contribution in [2.24, 2.45) is 5.16 Å². The van der Waals surface area contributed by atoms with Crippen molar-refractivity contribution in [3.8, 4) is 0 Å². The standard InChI is InChI=1S/C19H15NO2.C13H18O5/c1-13(2)19(21)22-20-12-18-16-9-5-3-7-14(16)11-15-8-4-6-10-17(15)18;1-9(12(14)15)4-3-7-17-13(16)10(2)5-6-11-8-18-11/h3-12H,1H2,2H3;11H,1-8H2,(H,14,15). The van der Waals surface area contributed by atoms with E-state index in [0.717, 1.165) is 40.1 Å². The highest BCUT2D eigenvalue weighted by Gasteiger charge is 2.23. The molecule has 0 amide bonds. The number of carboxylic acids is 1. The number of epoxide rings is 1. The summed E-state index contributed by atoms with van der Waals surface area (Å²) in [5, 5.41) is 16.8. The molecule has 208 valence electrons. The van der Waals surface area contributed by atoms with Crippen LogP contribution in [-0.4, -0.2) is 48.5 Å². The van der Waals surface area contributed by atoms with Crippen molar-refractivity contribution in [2.45, 2.75) is 38.7 Å². The van der Waals surface area contributed by atoms with E-state index in [2.05, 4.69) is 43.1 Å². The Morgan fingerprint density at radius 2 is 1.57 bits per heavy atom. The number of nitrogens with zero attached hydrogens (tertiary/aromatic N) is 1. The zero-order valence-corrected chi connectivity index (χ0v) is 22.6. The molecule has 1 saturated heterocycles. The summed E-state index contributed by atoms with van der Waals surface area (Å²) in [6, 6.07) is 18.3. The number of aliphatic carboxylic acids is 1. The fourth-order valence-electron chi connectivity index (χ4n) is 3.72. The predicted octanol–water partition coefficient (Wildman–Crippen LogP) is 6.13. The molecule has 1 heterocycles. The molecule has 1 N–H and O–H groups in total. The summed E-state index contributed by atoms with van der Waals surface area (Å²) in [7, 11) is 0. The first-order valence-electron chi connectivity index (χ1n) is 12.9. The van der Waals surface area contributed by atoms with Gasteiger partial charge in [-0.25, -0.2) is 14.4 Å². The lowest BCUT2D eigenvalue weighted by Crippen LogP contribution is -2.09. The number of carbonyl (C=O) groups is 3. The van der Waals surface area contributed by atoms with Gasteiger partial charge < -0.3 is 19.4 Å². The quantitative estimate of drug-likeness (QED) is 0.0427. The third kappa shape index (κ3) is 9.03. The van der Waals surface area contributed by atoms with Crippen LogP contribution in [0.3, 0.4) is 0 Å². The van der Waals surface area contributed by atoms with Crippen LogP contribution in [0.4, 0.5) is 0 Å². The monoisotopic (exact) mass is 543 g/mol. The molecule has 1 aliphatic heterocycles. The molecule has 1 atom stereocenters. The van der Waals surface area contributed by atoms with Gasteiger partial charge in [0.15, 0.2) is 0 Å². The fraction of sp³-hybridized carbons (Fsp3) is 0.250. The van der Waals surface area contributed by atoms with E-state index < -0.39 is 17.9 Å². The van der Waals surface area contributed by atoms with Crippen molar-refractivity contribution in [2.75, 3.05) is 13.2 Å². The average molecular weight is 544 g/mol. The minimum absolute atomic E-state index is 0.121. The molecule has 3 aromatic carbocycles. The summed E-state index contributed by atoms with van der Waals surface area (Å²) in [6.45, 7) is 13.1. The number of fused-ring (bicyclic) bond motifs is 2. The Balaban J connectivity index is 0.000000226. The number of rotatable bonds is 12. The summed E-state index contributed by atoms with van der Waals surface area (Å²) in [5.41, 5.74) is 1.81. The number of carbonyl (C=O) groups excluding carboxylic acids is 2. The molecule has 4 rings (SSSR count). The van der Waals surface area contributed by atoms with Crippen molar-refractivity contribution in [1.82, 2.24) is 0 Å². The molecule has 0 aromatic heterocycles. The van der Waals surface area contributed by atoms with Gasteiger partial charge in [-0.1, -0.05) is 73.4 Å². The van der Waals surface area contributed by atoms with Gasteiger partial charge >= 0.3 is 17.9 Å². The molecule has 0 radical (unpaired) electrons. The van der Waals surface area contributed by atoms with Crippen molar-refractivity contribution < 1.29 is 33.8 Å². The van der Waals surface area contributed by atoms with Gasteiger partial charge in [-0.05, 0) is 60.2 Å². The molecule has 0 saturated carbocycles. The molecule has 1 aliphatic rings. The van der Waals surface area contributed by atoms with Crippen molar-refractivity contribution in [3.05, 3.63) is 96.6 Å². The van der Waals surface area contributed by atoms with E-state index >= 15 is 0 Å². The van der Waals surface area contributed by atoms with Gasteiger partial charge in [0.25, 0.3) is 0 Å². The van der Waals surface area contributed by atoms with Crippen LogP contribution < -0.4 is 0 Å². The molecule has 8 nitrogen and oxygen atoms in total. The molecule has 8 heteroatoms. The van der Waals surface area contributed by atoms with Crippen LogP contribution in [0.2, 0.25) is 0 Å². The SMILES string of the molecule is C=C(C)C(=O)ON=Cc1c2ccccc2cc2ccccc12.C=C(CCCOC(=O)C(=C)CCC1CO1)C(=O)O. The smallest absolute Gasteiger partial charge is 0.360 e. The Hall–Kier alpha value is -4.56. The Kier molecular flexibility index (Phi) is 10.9. The first kappa shape index (κ1) is 30.0. The lowest BCUT2D eigenvalue weighted by molar-refractivity contribution is -0.140. The zero-order valence-electron chi connectivity index (χ0n) is 22.6. The Morgan fingerprint density at radius 3 is 2.12 bits per heavy atom. The summed E-state index contributed by atoms with van der Waals surface area (Å²) >= 11 is 0. The number of hydrogen-bond donors (Lipinski definition) is 1. The van der Waals surface area contributed by atoms with Crippen LogP contribution in [0, 0.1) is 0 Å². The second-order valence-electron chi connectivity index (χ2n) is 9.37. The summed E-state index contributed by atoms with van der Waals surface area (Å²) < 4.78 is 10.0. The summed E-state index contributed by atoms with van der Waals surface area (Å²) in [6.07, 6.45) is 4.00. The first-order chi connectivity index (χ1) is 19.2. The number of carboxylic acid groups (broad SMARTS) is 1. The number of oxime groups is 1. The van der Waals surface area contributed by atoms with E-state index in [1.165, 1.54) is 0 Å². The lowest BCUT2D eigenvalue weighted by atomic mass is 9.97. The highest BCUT2D eigenvalue weighted by molar-refractivity contribution is 6.13. The average Bonchev–Trinajstić information content (AvgIpc) is 3.78. The Morgan fingerprint density at radius 1 is 0.975 bits per heavy atom. The van der Waals surface area contributed by atoms with Gasteiger partial charge in [0.2, 0.25) is 0 Å². The molecule has 1 unspecified atom stereocenters. The van der Waals surface area contributed by atoms with Gasteiger partial charge in [-0.3, -0.25) is 0 Å². The molecular formula is C32H33NO7. The molecule has 0 aliphatic carbocycles. The van der Waals surface area contributed by atoms with E-state index in [0.29, 0.717) is 30.4 Å². The Bertz CT molecular complexity index is 1410. The maximum absolute atomic E-state index is 11.5. The van der Waals surface area contributed by atoms with E-state index in [9.17, 15) is 14.4 Å². The van der Waals surface area contributed by atoms with Gasteiger partial charge in [0.1, 0.15) is 0 Å². The molecule has 0 spiro atoms. The van der Waals surface area contributed by atoms with E-state index in [1.54, 1.807) is 13.1 Å². The number of hydrogen-bond acceptors (Lipinski definition) is 7. The topological polar surface area (TPSA) is 115 Å². The lowest BCUT2D eigenvalue weighted by Gasteiger charge is -2.07. The van der Waals surface area contributed by atoms with Crippen molar-refractivity contribution in [1.29, 1.82) is 0 Å². The van der Waals surface area contributed by atoms with Crippen molar-refractivity contribution in [3.63, 3.8) is 0 Å². The third-order valence-electron chi connectivity index (χ3n) is 6.10. The fourth-order valence-corrected chi connectivity index (χ4v) is 3.72. The van der Waals surface area contributed by atoms with Crippen LogP contribution in [-0.2, 0) is 28.7 Å².